The van der Waals surface area contributed by atoms with Crippen LogP contribution < -0.4 is 5.73 Å². The molecule has 0 bridgehead atoms. The lowest BCUT2D eigenvalue weighted by atomic mass is 10.6. The lowest BCUT2D eigenvalue weighted by Gasteiger charge is -1.76. The van der Waals surface area contributed by atoms with Crippen LogP contribution in [0.4, 0.5) is 0 Å². The first-order valence-electron chi connectivity index (χ1n) is 2.31. The van der Waals surface area contributed by atoms with Crippen molar-refractivity contribution in [2.24, 2.45) is 5.73 Å². The van der Waals surface area contributed by atoms with Crippen LogP contribution in [-0.4, -0.2) is 9.97 Å². The maximum absolute atomic E-state index is 5.08. The summed E-state index contributed by atoms with van der Waals surface area (Å²) < 4.78 is 0. The predicted octanol–water partition coefficient (Wildman–Crippen LogP) is 0.339. The van der Waals surface area contributed by atoms with E-state index in [0.717, 1.165) is 5.82 Å². The molecule has 3 nitrogen and oxygen atoms in total. The topological polar surface area (TPSA) is 54.7 Å². The van der Waals surface area contributed by atoms with Crippen LogP contribution in [0.2, 0.25) is 0 Å². The molecule has 0 atom stereocenters. The Morgan fingerprint density at radius 1 is 1.75 bits per heavy atom. The average Bonchev–Trinajstić information content (AvgIpc) is 2.19. The normalized spacial score (nSPS) is 10.5. The molecule has 0 saturated heterocycles. The van der Waals surface area contributed by atoms with Crippen molar-refractivity contribution in [3.05, 3.63) is 24.4 Å². The van der Waals surface area contributed by atoms with Gasteiger partial charge in [0.05, 0.1) is 0 Å². The second-order valence-corrected chi connectivity index (χ2v) is 1.33. The number of aromatic nitrogens is 2. The summed E-state index contributed by atoms with van der Waals surface area (Å²) in [6.07, 6.45) is 6.56. The highest BCUT2D eigenvalue weighted by Crippen LogP contribution is 1.87. The van der Waals surface area contributed by atoms with Crippen LogP contribution in [0.25, 0.3) is 6.08 Å². The Morgan fingerprint density at radius 2 is 2.62 bits per heavy atom. The number of rotatable bonds is 1. The summed E-state index contributed by atoms with van der Waals surface area (Å²) in [5.74, 6) is 0.785. The molecule has 0 saturated carbocycles. The summed E-state index contributed by atoms with van der Waals surface area (Å²) in [5, 5.41) is 0. The summed E-state index contributed by atoms with van der Waals surface area (Å²) >= 11 is 0. The average molecular weight is 109 g/mol. The standard InChI is InChI=1S/C5H7N3/c6-2-1-5-7-3-4-8-5/h1-4H,6H2,(H,7,8)/b2-1+. The molecule has 8 heavy (non-hydrogen) atoms. The lowest BCUT2D eigenvalue weighted by Crippen LogP contribution is -1.78. The van der Waals surface area contributed by atoms with Gasteiger partial charge in [-0.3, -0.25) is 0 Å². The van der Waals surface area contributed by atoms with Crippen molar-refractivity contribution in [3.8, 4) is 0 Å². The highest BCUT2D eigenvalue weighted by Gasteiger charge is 1.80. The second-order valence-electron chi connectivity index (χ2n) is 1.33. The van der Waals surface area contributed by atoms with Crippen molar-refractivity contribution in [2.75, 3.05) is 0 Å². The van der Waals surface area contributed by atoms with Crippen LogP contribution in [0.15, 0.2) is 18.6 Å². The van der Waals surface area contributed by atoms with E-state index in [1.807, 2.05) is 0 Å². The van der Waals surface area contributed by atoms with Gasteiger partial charge in [0.1, 0.15) is 5.82 Å². The summed E-state index contributed by atoms with van der Waals surface area (Å²) in [7, 11) is 0. The predicted molar refractivity (Wildman–Crippen MR) is 31.8 cm³/mol. The SMILES string of the molecule is N/C=C/c1ncc[nH]1. The van der Waals surface area contributed by atoms with Gasteiger partial charge in [0.2, 0.25) is 0 Å². The maximum atomic E-state index is 5.08. The third-order valence-corrected chi connectivity index (χ3v) is 0.773. The Morgan fingerprint density at radius 3 is 3.12 bits per heavy atom. The fraction of sp³-hybridized carbons (Fsp3) is 0. The largest absolute Gasteiger partial charge is 0.404 e. The third-order valence-electron chi connectivity index (χ3n) is 0.773. The highest BCUT2D eigenvalue weighted by atomic mass is 14.9. The zero-order valence-corrected chi connectivity index (χ0v) is 4.33. The monoisotopic (exact) mass is 109 g/mol. The first-order valence-corrected chi connectivity index (χ1v) is 2.31. The minimum Gasteiger partial charge on any atom is -0.404 e. The summed E-state index contributed by atoms with van der Waals surface area (Å²) in [6, 6.07) is 0. The third kappa shape index (κ3) is 0.872. The molecular formula is C5H7N3. The van der Waals surface area contributed by atoms with Gasteiger partial charge in [0.15, 0.2) is 0 Å². The Labute approximate surface area is 47.2 Å². The van der Waals surface area contributed by atoms with Crippen LogP contribution >= 0.6 is 0 Å². The quantitative estimate of drug-likeness (QED) is 0.546. The van der Waals surface area contributed by atoms with Crippen LogP contribution in [-0.2, 0) is 0 Å². The highest BCUT2D eigenvalue weighted by molar-refractivity contribution is 5.37. The molecule has 1 aromatic rings. The van der Waals surface area contributed by atoms with Gasteiger partial charge < -0.3 is 10.7 Å². The molecule has 0 spiro atoms. The molecule has 0 aliphatic heterocycles. The number of imidazole rings is 1. The second kappa shape index (κ2) is 2.16. The molecule has 1 heterocycles. The Balaban J connectivity index is 2.77. The van der Waals surface area contributed by atoms with Crippen LogP contribution in [0, 0.1) is 0 Å². The van der Waals surface area contributed by atoms with Gasteiger partial charge in [-0.15, -0.1) is 0 Å². The Hall–Kier alpha value is -1.25. The van der Waals surface area contributed by atoms with Crippen LogP contribution in [0.3, 0.4) is 0 Å². The number of H-pyrrole nitrogens is 1. The number of nitrogens with two attached hydrogens (primary N) is 1. The molecule has 0 fully saturated rings. The van der Waals surface area contributed by atoms with Gasteiger partial charge in [0.25, 0.3) is 0 Å². The molecule has 0 aromatic carbocycles. The molecule has 0 aliphatic rings. The lowest BCUT2D eigenvalue weighted by molar-refractivity contribution is 1.26. The Bertz CT molecular complexity index is 164. The van der Waals surface area contributed by atoms with Crippen LogP contribution in [0.5, 0.6) is 0 Å². The number of hydrogen-bond donors (Lipinski definition) is 2. The minimum atomic E-state index is 0.785. The van der Waals surface area contributed by atoms with Gasteiger partial charge in [-0.05, 0) is 12.3 Å². The van der Waals surface area contributed by atoms with Gasteiger partial charge in [-0.1, -0.05) is 0 Å². The van der Waals surface area contributed by atoms with E-state index in [1.54, 1.807) is 18.5 Å². The van der Waals surface area contributed by atoms with Crippen molar-refractivity contribution >= 4 is 6.08 Å². The van der Waals surface area contributed by atoms with Crippen molar-refractivity contribution in [3.63, 3.8) is 0 Å². The van der Waals surface area contributed by atoms with Crippen molar-refractivity contribution in [1.82, 2.24) is 9.97 Å². The fourth-order valence-electron chi connectivity index (χ4n) is 0.460. The zero-order chi connectivity index (χ0) is 5.82. The molecule has 0 radical (unpaired) electrons. The van der Waals surface area contributed by atoms with Crippen molar-refractivity contribution in [2.45, 2.75) is 0 Å². The van der Waals surface area contributed by atoms with Gasteiger partial charge in [0, 0.05) is 12.4 Å². The first-order chi connectivity index (χ1) is 3.93. The summed E-state index contributed by atoms with van der Waals surface area (Å²) in [5.41, 5.74) is 5.08. The van der Waals surface area contributed by atoms with E-state index in [0.29, 0.717) is 0 Å². The van der Waals surface area contributed by atoms with Crippen LogP contribution in [0.1, 0.15) is 5.82 Å². The smallest absolute Gasteiger partial charge is 0.131 e. The molecule has 3 N–H and O–H groups in total. The van der Waals surface area contributed by atoms with E-state index in [-0.39, 0.29) is 0 Å². The van der Waals surface area contributed by atoms with E-state index in [1.165, 1.54) is 6.20 Å². The molecule has 0 aliphatic carbocycles. The summed E-state index contributed by atoms with van der Waals surface area (Å²) in [4.78, 5) is 6.74. The molecule has 1 rings (SSSR count). The number of nitrogens with one attached hydrogen (secondary N) is 1. The van der Waals surface area contributed by atoms with Crippen molar-refractivity contribution < 1.29 is 0 Å². The molecule has 3 heteroatoms. The minimum absolute atomic E-state index is 0.785. The van der Waals surface area contributed by atoms with Gasteiger partial charge >= 0.3 is 0 Å². The maximum Gasteiger partial charge on any atom is 0.131 e. The van der Waals surface area contributed by atoms with E-state index >= 15 is 0 Å². The molecule has 0 unspecified atom stereocenters. The van der Waals surface area contributed by atoms with E-state index in [9.17, 15) is 0 Å². The fourth-order valence-corrected chi connectivity index (χ4v) is 0.460. The van der Waals surface area contributed by atoms with Gasteiger partial charge in [-0.2, -0.15) is 0 Å². The first kappa shape index (κ1) is 4.90. The molecule has 0 amide bonds. The van der Waals surface area contributed by atoms with E-state index in [2.05, 4.69) is 9.97 Å². The van der Waals surface area contributed by atoms with Gasteiger partial charge in [-0.25, -0.2) is 4.98 Å². The van der Waals surface area contributed by atoms with Crippen molar-refractivity contribution in [1.29, 1.82) is 0 Å². The number of hydrogen-bond acceptors (Lipinski definition) is 2. The number of aromatic amines is 1. The molecule has 1 aromatic heterocycles. The molecule has 42 valence electrons. The van der Waals surface area contributed by atoms with E-state index in [4.69, 9.17) is 5.73 Å². The molecular weight excluding hydrogens is 102 g/mol. The number of nitrogens with zero attached hydrogens (tertiary/aromatic N) is 1. The van der Waals surface area contributed by atoms with E-state index < -0.39 is 0 Å². The zero-order valence-electron chi connectivity index (χ0n) is 4.33. The Kier molecular flexibility index (Phi) is 1.32. The summed E-state index contributed by atoms with van der Waals surface area (Å²) in [6.45, 7) is 0.